The van der Waals surface area contributed by atoms with Gasteiger partial charge in [0.1, 0.15) is 0 Å². The van der Waals surface area contributed by atoms with Crippen molar-refractivity contribution in [3.05, 3.63) is 12.2 Å². The Morgan fingerprint density at radius 2 is 1.56 bits per heavy atom. The summed E-state index contributed by atoms with van der Waals surface area (Å²) in [5, 5.41) is 0. The van der Waals surface area contributed by atoms with Crippen LogP contribution in [0.5, 0.6) is 0 Å². The van der Waals surface area contributed by atoms with E-state index in [0.717, 1.165) is 25.1 Å². The monoisotopic (exact) mass is 248 g/mol. The first-order valence-electron chi connectivity index (χ1n) is 6.11. The minimum atomic E-state index is -0.0285. The van der Waals surface area contributed by atoms with Crippen LogP contribution in [0, 0.1) is 0 Å². The van der Waals surface area contributed by atoms with E-state index in [1.807, 2.05) is 0 Å². The van der Waals surface area contributed by atoms with Crippen LogP contribution >= 0.6 is 11.6 Å². The normalized spacial score (nSPS) is 11.8. The molecule has 0 amide bonds. The van der Waals surface area contributed by atoms with E-state index in [-0.39, 0.29) is 6.29 Å². The van der Waals surface area contributed by atoms with E-state index in [2.05, 4.69) is 12.2 Å². The second-order valence-corrected chi connectivity index (χ2v) is 4.22. The van der Waals surface area contributed by atoms with Gasteiger partial charge in [0, 0.05) is 20.1 Å². The topological polar surface area (TPSA) is 18.5 Å². The Morgan fingerprint density at radius 3 is 2.12 bits per heavy atom. The maximum Gasteiger partial charge on any atom is 0.156 e. The summed E-state index contributed by atoms with van der Waals surface area (Å²) in [6, 6.07) is 0. The standard InChI is InChI=1S/C13H25ClO2/c1-15-13(16-2)11-9-7-5-3-4-6-8-10-12-14/h4,6,13H,3,5,7-12H2,1-2H3/b6-4+. The molecule has 0 aromatic rings. The number of methoxy groups -OCH3 is 2. The quantitative estimate of drug-likeness (QED) is 0.237. The summed E-state index contributed by atoms with van der Waals surface area (Å²) in [4.78, 5) is 0. The minimum Gasteiger partial charge on any atom is -0.356 e. The summed E-state index contributed by atoms with van der Waals surface area (Å²) in [7, 11) is 3.38. The lowest BCUT2D eigenvalue weighted by Gasteiger charge is -2.12. The lowest BCUT2D eigenvalue weighted by atomic mass is 10.1. The van der Waals surface area contributed by atoms with Crippen LogP contribution in [0.15, 0.2) is 12.2 Å². The van der Waals surface area contributed by atoms with Crippen molar-refractivity contribution in [3.8, 4) is 0 Å². The molecule has 96 valence electrons. The van der Waals surface area contributed by atoms with E-state index in [4.69, 9.17) is 21.1 Å². The molecular formula is C13H25ClO2. The Bertz CT molecular complexity index is 156. The third-order valence-electron chi connectivity index (χ3n) is 2.51. The van der Waals surface area contributed by atoms with E-state index in [1.54, 1.807) is 14.2 Å². The van der Waals surface area contributed by atoms with Crippen LogP contribution < -0.4 is 0 Å². The number of unbranched alkanes of at least 4 members (excludes halogenated alkanes) is 4. The maximum absolute atomic E-state index is 5.58. The number of rotatable bonds is 11. The lowest BCUT2D eigenvalue weighted by Crippen LogP contribution is -2.12. The highest BCUT2D eigenvalue weighted by atomic mass is 35.5. The molecule has 0 bridgehead atoms. The number of hydrogen-bond acceptors (Lipinski definition) is 2. The van der Waals surface area contributed by atoms with E-state index in [0.29, 0.717) is 0 Å². The average molecular weight is 249 g/mol. The molecule has 0 N–H and O–H groups in total. The Balaban J connectivity index is 3.17. The van der Waals surface area contributed by atoms with Crippen LogP contribution in [0.3, 0.4) is 0 Å². The third kappa shape index (κ3) is 10.5. The molecule has 3 heteroatoms. The molecule has 0 aliphatic rings. The van der Waals surface area contributed by atoms with Crippen LogP contribution in [0.2, 0.25) is 0 Å². The molecule has 0 rings (SSSR count). The summed E-state index contributed by atoms with van der Waals surface area (Å²) < 4.78 is 10.2. The first kappa shape index (κ1) is 16.0. The van der Waals surface area contributed by atoms with Crippen molar-refractivity contribution in [3.63, 3.8) is 0 Å². The molecule has 0 aliphatic heterocycles. The Kier molecular flexibility index (Phi) is 13.0. The molecule has 2 nitrogen and oxygen atoms in total. The summed E-state index contributed by atoms with van der Waals surface area (Å²) in [5.74, 6) is 0.764. The van der Waals surface area contributed by atoms with Crippen LogP contribution in [-0.4, -0.2) is 26.4 Å². The number of halogens is 1. The predicted octanol–water partition coefficient (Wildman–Crippen LogP) is 4.13. The Morgan fingerprint density at radius 1 is 0.938 bits per heavy atom. The molecule has 0 saturated carbocycles. The van der Waals surface area contributed by atoms with E-state index in [9.17, 15) is 0 Å². The molecule has 0 aromatic carbocycles. The number of alkyl halides is 1. The molecule has 0 unspecified atom stereocenters. The second-order valence-electron chi connectivity index (χ2n) is 3.84. The van der Waals surface area contributed by atoms with Gasteiger partial charge in [-0.15, -0.1) is 11.6 Å². The van der Waals surface area contributed by atoms with Gasteiger partial charge in [-0.05, 0) is 38.5 Å². The van der Waals surface area contributed by atoms with Crippen molar-refractivity contribution in [2.45, 2.75) is 51.2 Å². The molecule has 0 atom stereocenters. The second kappa shape index (κ2) is 13.0. The van der Waals surface area contributed by atoms with E-state index >= 15 is 0 Å². The zero-order valence-corrected chi connectivity index (χ0v) is 11.3. The highest BCUT2D eigenvalue weighted by molar-refractivity contribution is 6.17. The van der Waals surface area contributed by atoms with Gasteiger partial charge in [0.25, 0.3) is 0 Å². The van der Waals surface area contributed by atoms with E-state index < -0.39 is 0 Å². The molecule has 0 aromatic heterocycles. The van der Waals surface area contributed by atoms with Crippen LogP contribution in [0.4, 0.5) is 0 Å². The molecule has 16 heavy (non-hydrogen) atoms. The summed E-state index contributed by atoms with van der Waals surface area (Å²) in [6.07, 6.45) is 12.5. The van der Waals surface area contributed by atoms with Gasteiger partial charge in [0.15, 0.2) is 6.29 Å². The predicted molar refractivity (Wildman–Crippen MR) is 70.0 cm³/mol. The smallest absolute Gasteiger partial charge is 0.156 e. The molecule has 0 saturated heterocycles. The van der Waals surface area contributed by atoms with Crippen LogP contribution in [0.1, 0.15) is 44.9 Å². The first-order valence-corrected chi connectivity index (χ1v) is 6.65. The van der Waals surface area contributed by atoms with E-state index in [1.165, 1.54) is 25.7 Å². The number of allylic oxidation sites excluding steroid dienone is 2. The fourth-order valence-corrected chi connectivity index (χ4v) is 1.67. The molecule has 0 spiro atoms. The Hall–Kier alpha value is -0.0500. The summed E-state index contributed by atoms with van der Waals surface area (Å²) >= 11 is 5.58. The zero-order chi connectivity index (χ0) is 12.1. The van der Waals surface area contributed by atoms with Gasteiger partial charge in [-0.1, -0.05) is 18.6 Å². The highest BCUT2D eigenvalue weighted by Gasteiger charge is 2.02. The van der Waals surface area contributed by atoms with Gasteiger partial charge in [-0.3, -0.25) is 0 Å². The SMILES string of the molecule is COC(CCCCC/C=C/CCCCl)OC. The number of hydrogen-bond donors (Lipinski definition) is 0. The van der Waals surface area contributed by atoms with Crippen LogP contribution in [0.25, 0.3) is 0 Å². The van der Waals surface area contributed by atoms with Crippen molar-refractivity contribution < 1.29 is 9.47 Å². The van der Waals surface area contributed by atoms with Crippen molar-refractivity contribution >= 4 is 11.6 Å². The van der Waals surface area contributed by atoms with Gasteiger partial charge < -0.3 is 9.47 Å². The maximum atomic E-state index is 5.58. The molecule has 0 heterocycles. The summed E-state index contributed by atoms with van der Waals surface area (Å²) in [5.41, 5.74) is 0. The largest absolute Gasteiger partial charge is 0.356 e. The van der Waals surface area contributed by atoms with Crippen LogP contribution in [-0.2, 0) is 9.47 Å². The molecule has 0 radical (unpaired) electrons. The minimum absolute atomic E-state index is 0.0285. The average Bonchev–Trinajstić information content (AvgIpc) is 2.32. The molecule has 0 aliphatic carbocycles. The Labute approximate surface area is 105 Å². The third-order valence-corrected chi connectivity index (χ3v) is 2.77. The summed E-state index contributed by atoms with van der Waals surface area (Å²) in [6.45, 7) is 0. The zero-order valence-electron chi connectivity index (χ0n) is 10.6. The van der Waals surface area contributed by atoms with Gasteiger partial charge >= 0.3 is 0 Å². The van der Waals surface area contributed by atoms with Gasteiger partial charge in [0.05, 0.1) is 0 Å². The number of ether oxygens (including phenoxy) is 2. The first-order chi connectivity index (χ1) is 7.85. The van der Waals surface area contributed by atoms with Crippen molar-refractivity contribution in [1.29, 1.82) is 0 Å². The van der Waals surface area contributed by atoms with Crippen molar-refractivity contribution in [1.82, 2.24) is 0 Å². The van der Waals surface area contributed by atoms with Crippen molar-refractivity contribution in [2.75, 3.05) is 20.1 Å². The van der Waals surface area contributed by atoms with Crippen molar-refractivity contribution in [2.24, 2.45) is 0 Å². The molecule has 0 fully saturated rings. The molecular weight excluding hydrogens is 224 g/mol. The fourth-order valence-electron chi connectivity index (χ4n) is 1.51. The highest BCUT2D eigenvalue weighted by Crippen LogP contribution is 2.08. The van der Waals surface area contributed by atoms with Gasteiger partial charge in [-0.2, -0.15) is 0 Å². The van der Waals surface area contributed by atoms with Gasteiger partial charge in [0.2, 0.25) is 0 Å². The van der Waals surface area contributed by atoms with Gasteiger partial charge in [-0.25, -0.2) is 0 Å². The lowest BCUT2D eigenvalue weighted by molar-refractivity contribution is -0.107. The fraction of sp³-hybridized carbons (Fsp3) is 0.846.